The van der Waals surface area contributed by atoms with Crippen LogP contribution in [0.4, 0.5) is 11.4 Å². The number of methoxy groups -OCH3 is 2. The highest BCUT2D eigenvalue weighted by molar-refractivity contribution is 6.31. The largest absolute Gasteiger partial charge is 0.496 e. The van der Waals surface area contributed by atoms with Crippen molar-refractivity contribution in [1.82, 2.24) is 0 Å². The molecule has 0 aliphatic rings. The monoisotopic (exact) mass is 454 g/mol. The number of carbonyl (C=O) groups is 2. The standard InChI is InChI=1S/C24H23ClN2O5/c1-15(23(28)27-20-14-16(25)8-13-22(20)31-3)32-18-11-9-17(10-12-18)26-24(29)19-6-4-5-7-21(19)30-2/h4-15H,1-3H3,(H,26,29)(H,27,28)/t15-/m0/s1. The van der Waals surface area contributed by atoms with Crippen LogP contribution in [0.15, 0.2) is 66.7 Å². The maximum atomic E-state index is 12.5. The van der Waals surface area contributed by atoms with Gasteiger partial charge in [-0.3, -0.25) is 9.59 Å². The van der Waals surface area contributed by atoms with Crippen LogP contribution in [-0.2, 0) is 4.79 Å². The van der Waals surface area contributed by atoms with Crippen LogP contribution in [0.5, 0.6) is 17.2 Å². The molecule has 0 spiro atoms. The summed E-state index contributed by atoms with van der Waals surface area (Å²) in [7, 11) is 3.02. The predicted octanol–water partition coefficient (Wildman–Crippen LogP) is 5.02. The summed E-state index contributed by atoms with van der Waals surface area (Å²) in [6.45, 7) is 1.63. The van der Waals surface area contributed by atoms with Gasteiger partial charge < -0.3 is 24.8 Å². The van der Waals surface area contributed by atoms with Gasteiger partial charge in [0.05, 0.1) is 25.5 Å². The number of halogens is 1. The molecule has 0 saturated carbocycles. The molecule has 3 aromatic rings. The van der Waals surface area contributed by atoms with Crippen LogP contribution in [0.2, 0.25) is 5.02 Å². The number of amides is 2. The highest BCUT2D eigenvalue weighted by atomic mass is 35.5. The van der Waals surface area contributed by atoms with Gasteiger partial charge in [0.15, 0.2) is 6.10 Å². The minimum absolute atomic E-state index is 0.292. The van der Waals surface area contributed by atoms with Gasteiger partial charge in [-0.1, -0.05) is 23.7 Å². The van der Waals surface area contributed by atoms with Crippen molar-refractivity contribution in [1.29, 1.82) is 0 Å². The van der Waals surface area contributed by atoms with E-state index in [4.69, 9.17) is 25.8 Å². The van der Waals surface area contributed by atoms with Crippen LogP contribution in [-0.4, -0.2) is 32.1 Å². The Balaban J connectivity index is 1.61. The van der Waals surface area contributed by atoms with Crippen LogP contribution in [0, 0.1) is 0 Å². The van der Waals surface area contributed by atoms with Crippen molar-refractivity contribution in [2.45, 2.75) is 13.0 Å². The zero-order valence-corrected chi connectivity index (χ0v) is 18.6. The van der Waals surface area contributed by atoms with Crippen molar-refractivity contribution in [3.8, 4) is 17.2 Å². The average molecular weight is 455 g/mol. The molecule has 0 aliphatic carbocycles. The topological polar surface area (TPSA) is 85.9 Å². The smallest absolute Gasteiger partial charge is 0.265 e. The van der Waals surface area contributed by atoms with Gasteiger partial charge in [0.2, 0.25) is 0 Å². The summed E-state index contributed by atoms with van der Waals surface area (Å²) in [5.74, 6) is 0.797. The van der Waals surface area contributed by atoms with E-state index in [-0.39, 0.29) is 11.8 Å². The molecular weight excluding hydrogens is 432 g/mol. The minimum Gasteiger partial charge on any atom is -0.496 e. The molecule has 0 radical (unpaired) electrons. The Bertz CT molecular complexity index is 1100. The number of carbonyl (C=O) groups excluding carboxylic acids is 2. The number of para-hydroxylation sites is 1. The van der Waals surface area contributed by atoms with E-state index in [1.807, 2.05) is 0 Å². The fourth-order valence-corrected chi connectivity index (χ4v) is 3.09. The van der Waals surface area contributed by atoms with Crippen molar-refractivity contribution >= 4 is 34.8 Å². The number of benzene rings is 3. The molecule has 1 atom stereocenters. The molecule has 166 valence electrons. The lowest BCUT2D eigenvalue weighted by molar-refractivity contribution is -0.122. The van der Waals surface area contributed by atoms with Crippen LogP contribution in [0.1, 0.15) is 17.3 Å². The fourth-order valence-electron chi connectivity index (χ4n) is 2.92. The fraction of sp³-hybridized carbons (Fsp3) is 0.167. The first-order valence-electron chi connectivity index (χ1n) is 9.76. The summed E-state index contributed by atoms with van der Waals surface area (Å²) >= 11 is 6.00. The molecule has 3 aromatic carbocycles. The third kappa shape index (κ3) is 5.70. The second kappa shape index (κ2) is 10.5. The van der Waals surface area contributed by atoms with Crippen molar-refractivity contribution in [3.63, 3.8) is 0 Å². The van der Waals surface area contributed by atoms with E-state index in [1.165, 1.54) is 14.2 Å². The van der Waals surface area contributed by atoms with E-state index in [9.17, 15) is 9.59 Å². The Morgan fingerprint density at radius 3 is 2.25 bits per heavy atom. The molecule has 0 bridgehead atoms. The molecule has 7 nitrogen and oxygen atoms in total. The van der Waals surface area contributed by atoms with Crippen LogP contribution in [0.3, 0.4) is 0 Å². The Morgan fingerprint density at radius 1 is 0.875 bits per heavy atom. The second-order valence-corrected chi connectivity index (χ2v) is 7.21. The summed E-state index contributed by atoms with van der Waals surface area (Å²) in [5, 5.41) is 6.03. The summed E-state index contributed by atoms with van der Waals surface area (Å²) in [6.07, 6.45) is -0.785. The number of ether oxygens (including phenoxy) is 3. The van der Waals surface area contributed by atoms with Gasteiger partial charge in [-0.15, -0.1) is 0 Å². The van der Waals surface area contributed by atoms with Gasteiger partial charge >= 0.3 is 0 Å². The van der Waals surface area contributed by atoms with Crippen molar-refractivity contribution < 1.29 is 23.8 Å². The number of nitrogens with one attached hydrogen (secondary N) is 2. The molecule has 0 aromatic heterocycles. The van der Waals surface area contributed by atoms with E-state index in [1.54, 1.807) is 73.7 Å². The summed E-state index contributed by atoms with van der Waals surface area (Å²) in [4.78, 5) is 25.0. The molecule has 0 aliphatic heterocycles. The highest BCUT2D eigenvalue weighted by Gasteiger charge is 2.17. The summed E-state index contributed by atoms with van der Waals surface area (Å²) in [5.41, 5.74) is 1.46. The van der Waals surface area contributed by atoms with E-state index >= 15 is 0 Å². The molecule has 2 N–H and O–H groups in total. The summed E-state index contributed by atoms with van der Waals surface area (Å²) < 4.78 is 16.2. The molecule has 3 rings (SSSR count). The SMILES string of the molecule is COc1ccc(Cl)cc1NC(=O)[C@H](C)Oc1ccc(NC(=O)c2ccccc2OC)cc1. The maximum absolute atomic E-state index is 12.5. The van der Waals surface area contributed by atoms with Crippen molar-refractivity contribution in [2.75, 3.05) is 24.9 Å². The third-order valence-corrected chi connectivity index (χ3v) is 4.80. The molecule has 2 amide bonds. The van der Waals surface area contributed by atoms with Gasteiger partial charge in [-0.25, -0.2) is 0 Å². The lowest BCUT2D eigenvalue weighted by Gasteiger charge is -2.16. The van der Waals surface area contributed by atoms with Crippen LogP contribution < -0.4 is 24.8 Å². The van der Waals surface area contributed by atoms with E-state index < -0.39 is 6.10 Å². The molecule has 0 heterocycles. The maximum Gasteiger partial charge on any atom is 0.265 e. The van der Waals surface area contributed by atoms with Crippen molar-refractivity contribution in [3.05, 3.63) is 77.3 Å². The first kappa shape index (κ1) is 23.0. The Labute approximate surface area is 191 Å². The van der Waals surface area contributed by atoms with Crippen LogP contribution in [0.25, 0.3) is 0 Å². The van der Waals surface area contributed by atoms with Gasteiger partial charge in [0.25, 0.3) is 11.8 Å². The molecular formula is C24H23ClN2O5. The molecule has 32 heavy (non-hydrogen) atoms. The number of rotatable bonds is 8. The zero-order valence-electron chi connectivity index (χ0n) is 17.8. The zero-order chi connectivity index (χ0) is 23.1. The Morgan fingerprint density at radius 2 is 1.56 bits per heavy atom. The second-order valence-electron chi connectivity index (χ2n) is 6.77. The van der Waals surface area contributed by atoms with Gasteiger partial charge in [0, 0.05) is 10.7 Å². The Hall–Kier alpha value is -3.71. The van der Waals surface area contributed by atoms with E-state index in [0.717, 1.165) is 0 Å². The predicted molar refractivity (Wildman–Crippen MR) is 124 cm³/mol. The molecule has 0 fully saturated rings. The van der Waals surface area contributed by atoms with Gasteiger partial charge in [0.1, 0.15) is 17.2 Å². The van der Waals surface area contributed by atoms with E-state index in [0.29, 0.717) is 39.2 Å². The number of hydrogen-bond acceptors (Lipinski definition) is 5. The number of anilines is 2. The third-order valence-electron chi connectivity index (χ3n) is 4.57. The quantitative estimate of drug-likeness (QED) is 0.499. The number of hydrogen-bond donors (Lipinski definition) is 2. The average Bonchev–Trinajstić information content (AvgIpc) is 2.80. The first-order valence-corrected chi connectivity index (χ1v) is 10.1. The van der Waals surface area contributed by atoms with E-state index in [2.05, 4.69) is 10.6 Å². The molecule has 0 unspecified atom stereocenters. The normalized spacial score (nSPS) is 11.2. The van der Waals surface area contributed by atoms with Crippen molar-refractivity contribution in [2.24, 2.45) is 0 Å². The first-order chi connectivity index (χ1) is 15.4. The highest BCUT2D eigenvalue weighted by Crippen LogP contribution is 2.28. The Kier molecular flexibility index (Phi) is 7.57. The minimum atomic E-state index is -0.785. The molecule has 8 heteroatoms. The summed E-state index contributed by atoms with van der Waals surface area (Å²) in [6, 6.07) is 18.6. The van der Waals surface area contributed by atoms with Crippen LogP contribution >= 0.6 is 11.6 Å². The lowest BCUT2D eigenvalue weighted by Crippen LogP contribution is -2.30. The lowest BCUT2D eigenvalue weighted by atomic mass is 10.2. The van der Waals surface area contributed by atoms with Gasteiger partial charge in [-0.05, 0) is 61.5 Å². The molecule has 0 saturated heterocycles. The van der Waals surface area contributed by atoms with Gasteiger partial charge in [-0.2, -0.15) is 0 Å².